The van der Waals surface area contributed by atoms with Gasteiger partial charge in [-0.25, -0.2) is 0 Å². The van der Waals surface area contributed by atoms with E-state index >= 15 is 0 Å². The molecule has 1 saturated heterocycles. The first kappa shape index (κ1) is 14.4. The van der Waals surface area contributed by atoms with Gasteiger partial charge in [0.25, 0.3) is 0 Å². The first-order valence-corrected chi connectivity index (χ1v) is 6.56. The van der Waals surface area contributed by atoms with Gasteiger partial charge >= 0.3 is 0 Å². The molecule has 1 heterocycles. The molecule has 1 aliphatic heterocycles. The van der Waals surface area contributed by atoms with Crippen molar-refractivity contribution < 1.29 is 0 Å². The summed E-state index contributed by atoms with van der Waals surface area (Å²) in [6.45, 7) is 3.54. The third kappa shape index (κ3) is 3.30. The molecule has 0 bridgehead atoms. The molecule has 0 saturated carbocycles. The van der Waals surface area contributed by atoms with Crippen molar-refractivity contribution in [2.45, 2.75) is 0 Å². The average molecular weight is 278 g/mol. The lowest BCUT2D eigenvalue weighted by Gasteiger charge is -2.31. The zero-order valence-electron chi connectivity index (χ0n) is 11.4. The molecule has 0 spiro atoms. The highest BCUT2D eigenvalue weighted by Crippen LogP contribution is 2.27. The van der Waals surface area contributed by atoms with Gasteiger partial charge in [-0.15, -0.1) is 0 Å². The van der Waals surface area contributed by atoms with Gasteiger partial charge in [-0.2, -0.15) is 15.8 Å². The van der Waals surface area contributed by atoms with Crippen molar-refractivity contribution in [2.24, 2.45) is 0 Å². The standard InChI is InChI=1S/C15H14N6/c16-9-12(10-17)14(11-18)20-13-3-1-2-4-15(13)21-7-5-19-6-8-21/h1-4,19-20H,5-8H2. The van der Waals surface area contributed by atoms with E-state index in [-0.39, 0.29) is 11.3 Å². The number of para-hydroxylation sites is 2. The van der Waals surface area contributed by atoms with Crippen LogP contribution in [0.1, 0.15) is 0 Å². The molecule has 6 nitrogen and oxygen atoms in total. The van der Waals surface area contributed by atoms with Crippen molar-refractivity contribution in [1.82, 2.24) is 5.32 Å². The van der Waals surface area contributed by atoms with E-state index in [0.29, 0.717) is 0 Å². The minimum Gasteiger partial charge on any atom is -0.367 e. The van der Waals surface area contributed by atoms with Crippen molar-refractivity contribution >= 4 is 11.4 Å². The molecule has 2 rings (SSSR count). The Morgan fingerprint density at radius 2 is 1.71 bits per heavy atom. The van der Waals surface area contributed by atoms with Crippen LogP contribution in [0, 0.1) is 34.0 Å². The average Bonchev–Trinajstić information content (AvgIpc) is 2.56. The van der Waals surface area contributed by atoms with Crippen LogP contribution in [0.5, 0.6) is 0 Å². The maximum absolute atomic E-state index is 9.13. The van der Waals surface area contributed by atoms with Crippen molar-refractivity contribution in [3.8, 4) is 18.2 Å². The van der Waals surface area contributed by atoms with Gasteiger partial charge in [0.1, 0.15) is 23.9 Å². The van der Waals surface area contributed by atoms with Crippen molar-refractivity contribution in [3.63, 3.8) is 0 Å². The topological polar surface area (TPSA) is 98.7 Å². The summed E-state index contributed by atoms with van der Waals surface area (Å²) in [5, 5.41) is 33.1. The summed E-state index contributed by atoms with van der Waals surface area (Å²) in [5.74, 6) is 0. The quantitative estimate of drug-likeness (QED) is 0.809. The van der Waals surface area contributed by atoms with Gasteiger partial charge in [0.15, 0.2) is 5.57 Å². The largest absolute Gasteiger partial charge is 0.367 e. The van der Waals surface area contributed by atoms with Gasteiger partial charge in [0.05, 0.1) is 11.4 Å². The summed E-state index contributed by atoms with van der Waals surface area (Å²) in [4.78, 5) is 2.20. The maximum Gasteiger partial charge on any atom is 0.163 e. The van der Waals surface area contributed by atoms with E-state index in [1.807, 2.05) is 30.3 Å². The lowest BCUT2D eigenvalue weighted by atomic mass is 10.2. The summed E-state index contributed by atoms with van der Waals surface area (Å²) < 4.78 is 0. The van der Waals surface area contributed by atoms with E-state index in [2.05, 4.69) is 15.5 Å². The molecule has 21 heavy (non-hydrogen) atoms. The Balaban J connectivity index is 2.33. The summed E-state index contributed by atoms with van der Waals surface area (Å²) in [5.41, 5.74) is 1.44. The Hall–Kier alpha value is -3.01. The van der Waals surface area contributed by atoms with Crippen LogP contribution in [0.2, 0.25) is 0 Å². The highest BCUT2D eigenvalue weighted by Gasteiger charge is 2.15. The molecular formula is C15H14N6. The SMILES string of the molecule is N#CC(C#N)=C(C#N)Nc1ccccc1N1CCNCC1. The number of piperazine rings is 1. The third-order valence-electron chi connectivity index (χ3n) is 3.21. The van der Waals surface area contributed by atoms with Crippen LogP contribution in [0.25, 0.3) is 0 Å². The number of rotatable bonds is 3. The number of allylic oxidation sites excluding steroid dienone is 2. The molecule has 1 aromatic carbocycles. The molecular weight excluding hydrogens is 264 g/mol. The normalized spacial score (nSPS) is 13.5. The molecule has 6 heteroatoms. The molecule has 0 amide bonds. The predicted octanol–water partition coefficient (Wildman–Crippen LogP) is 1.33. The van der Waals surface area contributed by atoms with Crippen LogP contribution in [0.3, 0.4) is 0 Å². The molecule has 1 fully saturated rings. The van der Waals surface area contributed by atoms with E-state index in [4.69, 9.17) is 15.8 Å². The summed E-state index contributed by atoms with van der Waals surface area (Å²) in [6.07, 6.45) is 0. The van der Waals surface area contributed by atoms with Crippen molar-refractivity contribution in [3.05, 3.63) is 35.5 Å². The van der Waals surface area contributed by atoms with Gasteiger partial charge in [-0.1, -0.05) is 12.1 Å². The summed E-state index contributed by atoms with van der Waals surface area (Å²) in [7, 11) is 0. The smallest absolute Gasteiger partial charge is 0.163 e. The van der Waals surface area contributed by atoms with E-state index in [9.17, 15) is 0 Å². The Morgan fingerprint density at radius 3 is 2.33 bits per heavy atom. The van der Waals surface area contributed by atoms with Crippen molar-refractivity contribution in [2.75, 3.05) is 36.4 Å². The van der Waals surface area contributed by atoms with Crippen LogP contribution in [0.15, 0.2) is 35.5 Å². The number of nitrogens with one attached hydrogen (secondary N) is 2. The number of anilines is 2. The Bertz CT molecular complexity index is 649. The molecule has 1 aromatic rings. The number of hydrogen-bond donors (Lipinski definition) is 2. The fourth-order valence-electron chi connectivity index (χ4n) is 2.18. The second-order valence-electron chi connectivity index (χ2n) is 4.46. The first-order chi connectivity index (χ1) is 10.3. The van der Waals surface area contributed by atoms with Crippen LogP contribution in [-0.2, 0) is 0 Å². The van der Waals surface area contributed by atoms with E-state index in [1.165, 1.54) is 0 Å². The summed E-state index contributed by atoms with van der Waals surface area (Å²) >= 11 is 0. The van der Waals surface area contributed by atoms with E-state index in [1.54, 1.807) is 12.1 Å². The fourth-order valence-corrected chi connectivity index (χ4v) is 2.18. The van der Waals surface area contributed by atoms with Crippen LogP contribution in [-0.4, -0.2) is 26.2 Å². The van der Waals surface area contributed by atoms with E-state index < -0.39 is 0 Å². The van der Waals surface area contributed by atoms with Gasteiger partial charge < -0.3 is 15.5 Å². The van der Waals surface area contributed by atoms with Crippen LogP contribution < -0.4 is 15.5 Å². The number of hydrogen-bond acceptors (Lipinski definition) is 6. The summed E-state index contributed by atoms with van der Waals surface area (Å²) in [6, 6.07) is 12.9. The fraction of sp³-hybridized carbons (Fsp3) is 0.267. The Morgan fingerprint density at radius 1 is 1.05 bits per heavy atom. The maximum atomic E-state index is 9.13. The molecule has 0 aliphatic carbocycles. The molecule has 0 aromatic heterocycles. The van der Waals surface area contributed by atoms with Gasteiger partial charge in [-0.3, -0.25) is 0 Å². The predicted molar refractivity (Wildman–Crippen MR) is 79.0 cm³/mol. The monoisotopic (exact) mass is 278 g/mol. The molecule has 1 aliphatic rings. The van der Waals surface area contributed by atoms with Gasteiger partial charge in [0, 0.05) is 26.2 Å². The van der Waals surface area contributed by atoms with Crippen LogP contribution in [0.4, 0.5) is 11.4 Å². The first-order valence-electron chi connectivity index (χ1n) is 6.56. The Labute approximate surface area is 123 Å². The Kier molecular flexibility index (Phi) is 4.77. The van der Waals surface area contributed by atoms with Gasteiger partial charge in [-0.05, 0) is 12.1 Å². The number of nitriles is 3. The lowest BCUT2D eigenvalue weighted by Crippen LogP contribution is -2.43. The minimum atomic E-state index is -0.215. The molecule has 0 radical (unpaired) electrons. The zero-order valence-corrected chi connectivity index (χ0v) is 11.4. The van der Waals surface area contributed by atoms with Crippen molar-refractivity contribution in [1.29, 1.82) is 15.8 Å². The van der Waals surface area contributed by atoms with E-state index in [0.717, 1.165) is 37.6 Å². The lowest BCUT2D eigenvalue weighted by molar-refractivity contribution is 0.589. The highest BCUT2D eigenvalue weighted by atomic mass is 15.2. The second kappa shape index (κ2) is 6.96. The minimum absolute atomic E-state index is 0.0254. The second-order valence-corrected chi connectivity index (χ2v) is 4.46. The third-order valence-corrected chi connectivity index (χ3v) is 3.21. The van der Waals surface area contributed by atoms with Gasteiger partial charge in [0.2, 0.25) is 0 Å². The number of benzene rings is 1. The number of nitrogens with zero attached hydrogens (tertiary/aromatic N) is 4. The molecule has 0 atom stereocenters. The van der Waals surface area contributed by atoms with Crippen LogP contribution >= 0.6 is 0 Å². The molecule has 0 unspecified atom stereocenters. The molecule has 104 valence electrons. The highest BCUT2D eigenvalue weighted by molar-refractivity contribution is 5.74. The molecule has 2 N–H and O–H groups in total. The zero-order chi connectivity index (χ0) is 15.1.